The van der Waals surface area contributed by atoms with E-state index in [0.717, 1.165) is 12.4 Å². The average molecular weight is 213 g/mol. The third kappa shape index (κ3) is 1.48. The minimum atomic E-state index is 0.551. The highest BCUT2D eigenvalue weighted by atomic mass is 35.5. The van der Waals surface area contributed by atoms with Gasteiger partial charge in [0.2, 0.25) is 0 Å². The van der Waals surface area contributed by atoms with Crippen molar-refractivity contribution in [2.45, 2.75) is 0 Å². The highest BCUT2D eigenvalue weighted by molar-refractivity contribution is 6.18. The molecule has 0 aliphatic heterocycles. The van der Waals surface area contributed by atoms with E-state index < -0.39 is 0 Å². The molecule has 2 rings (SSSR count). The van der Waals surface area contributed by atoms with Gasteiger partial charge in [0.1, 0.15) is 0 Å². The molecule has 6 nitrogen and oxygen atoms in total. The van der Waals surface area contributed by atoms with Gasteiger partial charge in [-0.3, -0.25) is 4.98 Å². The largest absolute Gasteiger partial charge is 0.357 e. The fraction of sp³-hybridized carbons (Fsp3) is 0.429. The zero-order chi connectivity index (χ0) is 9.97. The Morgan fingerprint density at radius 1 is 1.50 bits per heavy atom. The number of hydrogen-bond donors (Lipinski definition) is 0. The minimum absolute atomic E-state index is 0.551. The molecule has 0 saturated heterocycles. The van der Waals surface area contributed by atoms with Crippen LogP contribution in [0.4, 0.5) is 5.82 Å². The number of fused-ring (bicyclic) bond motifs is 1. The van der Waals surface area contributed by atoms with Crippen molar-refractivity contribution < 1.29 is 0 Å². The first kappa shape index (κ1) is 9.14. The number of alkyl halides is 1. The molecule has 2 aromatic rings. The lowest BCUT2D eigenvalue weighted by atomic mass is 10.5. The van der Waals surface area contributed by atoms with Gasteiger partial charge in [0.05, 0.1) is 12.4 Å². The van der Waals surface area contributed by atoms with Gasteiger partial charge in [-0.1, -0.05) is 0 Å². The smallest absolute Gasteiger partial charge is 0.199 e. The molecule has 0 bridgehead atoms. The van der Waals surface area contributed by atoms with Gasteiger partial charge in [-0.05, 0) is 10.4 Å². The Hall–Kier alpha value is -1.43. The number of tetrazole rings is 1. The van der Waals surface area contributed by atoms with E-state index in [9.17, 15) is 0 Å². The predicted octanol–water partition coefficient (Wildman–Crippen LogP) is 0.194. The molecule has 0 N–H and O–H groups in total. The second kappa shape index (κ2) is 3.75. The topological polar surface area (TPSA) is 59.2 Å². The lowest BCUT2D eigenvalue weighted by molar-refractivity contribution is 0.793. The van der Waals surface area contributed by atoms with Gasteiger partial charge in [-0.15, -0.1) is 16.7 Å². The molecule has 0 unspecified atom stereocenters. The van der Waals surface area contributed by atoms with E-state index in [2.05, 4.69) is 20.5 Å². The molecule has 14 heavy (non-hydrogen) atoms. The zero-order valence-electron chi connectivity index (χ0n) is 7.63. The standard InChI is InChI=1S/C7H9ClN6/c1-13(3-2-8)7-5-9-4-6-10-11-12-14(6)7/h4-5H,2-3H2,1H3. The summed E-state index contributed by atoms with van der Waals surface area (Å²) in [6.07, 6.45) is 3.31. The van der Waals surface area contributed by atoms with Crippen LogP contribution in [0.25, 0.3) is 5.65 Å². The lowest BCUT2D eigenvalue weighted by Gasteiger charge is -2.16. The van der Waals surface area contributed by atoms with Crippen molar-refractivity contribution in [3.05, 3.63) is 12.4 Å². The van der Waals surface area contributed by atoms with Crippen LogP contribution in [0.2, 0.25) is 0 Å². The first-order valence-corrected chi connectivity index (χ1v) is 4.65. The fourth-order valence-corrected chi connectivity index (χ4v) is 1.42. The van der Waals surface area contributed by atoms with Gasteiger partial charge in [0.15, 0.2) is 11.5 Å². The van der Waals surface area contributed by atoms with Gasteiger partial charge >= 0.3 is 0 Å². The van der Waals surface area contributed by atoms with Gasteiger partial charge in [0, 0.05) is 19.5 Å². The first-order valence-electron chi connectivity index (χ1n) is 4.12. The van der Waals surface area contributed by atoms with Crippen LogP contribution in [-0.2, 0) is 0 Å². The van der Waals surface area contributed by atoms with Gasteiger partial charge < -0.3 is 4.90 Å². The summed E-state index contributed by atoms with van der Waals surface area (Å²) in [4.78, 5) is 5.99. The molecule has 0 atom stereocenters. The summed E-state index contributed by atoms with van der Waals surface area (Å²) in [6.45, 7) is 0.724. The summed E-state index contributed by atoms with van der Waals surface area (Å²) in [5.74, 6) is 1.38. The number of aromatic nitrogens is 5. The molecule has 2 heterocycles. The maximum absolute atomic E-state index is 5.65. The van der Waals surface area contributed by atoms with Crippen LogP contribution in [0.1, 0.15) is 0 Å². The Morgan fingerprint density at radius 2 is 2.36 bits per heavy atom. The SMILES string of the molecule is CN(CCCl)c1cncc2nnnn12. The Bertz CT molecular complexity index is 427. The molecule has 0 fully saturated rings. The summed E-state index contributed by atoms with van der Waals surface area (Å²) in [7, 11) is 1.92. The van der Waals surface area contributed by atoms with Crippen molar-refractivity contribution in [2.24, 2.45) is 0 Å². The van der Waals surface area contributed by atoms with Gasteiger partial charge in [0.25, 0.3) is 0 Å². The van der Waals surface area contributed by atoms with E-state index in [4.69, 9.17) is 11.6 Å². The molecule has 0 saturated carbocycles. The molecule has 0 radical (unpaired) electrons. The van der Waals surface area contributed by atoms with Crippen LogP contribution in [0.3, 0.4) is 0 Å². The Morgan fingerprint density at radius 3 is 3.14 bits per heavy atom. The van der Waals surface area contributed by atoms with Crippen molar-refractivity contribution in [1.82, 2.24) is 25.0 Å². The second-order valence-electron chi connectivity index (χ2n) is 2.82. The molecule has 0 amide bonds. The molecule has 74 valence electrons. The summed E-state index contributed by atoms with van der Waals surface area (Å²) >= 11 is 5.65. The molecular weight excluding hydrogens is 204 g/mol. The Balaban J connectivity index is 2.45. The van der Waals surface area contributed by atoms with Crippen molar-refractivity contribution in [1.29, 1.82) is 0 Å². The van der Waals surface area contributed by atoms with Gasteiger partial charge in [-0.2, -0.15) is 4.52 Å². The van der Waals surface area contributed by atoms with E-state index >= 15 is 0 Å². The third-order valence-electron chi connectivity index (χ3n) is 1.90. The van der Waals surface area contributed by atoms with E-state index in [0.29, 0.717) is 11.5 Å². The van der Waals surface area contributed by atoms with Crippen LogP contribution in [0.5, 0.6) is 0 Å². The van der Waals surface area contributed by atoms with Crippen LogP contribution in [0.15, 0.2) is 12.4 Å². The van der Waals surface area contributed by atoms with Crippen LogP contribution >= 0.6 is 11.6 Å². The Kier molecular flexibility index (Phi) is 2.45. The highest BCUT2D eigenvalue weighted by Gasteiger charge is 2.07. The minimum Gasteiger partial charge on any atom is -0.357 e. The van der Waals surface area contributed by atoms with Gasteiger partial charge in [-0.25, -0.2) is 0 Å². The summed E-state index contributed by atoms with van der Waals surface area (Å²) in [5, 5.41) is 11.2. The zero-order valence-corrected chi connectivity index (χ0v) is 8.39. The number of halogens is 1. The summed E-state index contributed by atoms with van der Waals surface area (Å²) in [6, 6.07) is 0. The average Bonchev–Trinajstić information content (AvgIpc) is 2.65. The molecule has 2 aromatic heterocycles. The second-order valence-corrected chi connectivity index (χ2v) is 3.20. The fourth-order valence-electron chi connectivity index (χ4n) is 1.16. The van der Waals surface area contributed by atoms with Crippen LogP contribution in [-0.4, -0.2) is 44.5 Å². The monoisotopic (exact) mass is 212 g/mol. The van der Waals surface area contributed by atoms with Crippen molar-refractivity contribution >= 4 is 23.1 Å². The molecule has 0 aromatic carbocycles. The van der Waals surface area contributed by atoms with Crippen LogP contribution < -0.4 is 4.90 Å². The normalized spacial score (nSPS) is 10.7. The quantitative estimate of drug-likeness (QED) is 0.680. The predicted molar refractivity (Wildman–Crippen MR) is 52.6 cm³/mol. The van der Waals surface area contributed by atoms with E-state index in [1.54, 1.807) is 16.9 Å². The molecule has 0 spiro atoms. The van der Waals surface area contributed by atoms with E-state index in [-0.39, 0.29) is 0 Å². The third-order valence-corrected chi connectivity index (χ3v) is 2.07. The lowest BCUT2D eigenvalue weighted by Crippen LogP contribution is -2.22. The highest BCUT2D eigenvalue weighted by Crippen LogP contribution is 2.10. The van der Waals surface area contributed by atoms with E-state index in [1.807, 2.05) is 11.9 Å². The molecule has 0 aliphatic carbocycles. The summed E-state index contributed by atoms with van der Waals surface area (Å²) in [5.41, 5.74) is 0.629. The molecule has 7 heteroatoms. The van der Waals surface area contributed by atoms with Crippen molar-refractivity contribution in [3.8, 4) is 0 Å². The number of hydrogen-bond acceptors (Lipinski definition) is 5. The maximum Gasteiger partial charge on any atom is 0.199 e. The number of rotatable bonds is 3. The molecular formula is C7H9ClN6. The number of anilines is 1. The van der Waals surface area contributed by atoms with Crippen LogP contribution in [0, 0.1) is 0 Å². The van der Waals surface area contributed by atoms with E-state index in [1.165, 1.54) is 0 Å². The first-order chi connectivity index (χ1) is 6.83. The Labute approximate surface area is 85.5 Å². The van der Waals surface area contributed by atoms with Crippen molar-refractivity contribution in [3.63, 3.8) is 0 Å². The number of nitrogens with zero attached hydrogens (tertiary/aromatic N) is 6. The summed E-state index contributed by atoms with van der Waals surface area (Å²) < 4.78 is 1.62. The maximum atomic E-state index is 5.65. The molecule has 0 aliphatic rings. The van der Waals surface area contributed by atoms with Crippen molar-refractivity contribution in [2.75, 3.05) is 24.4 Å².